The molecule has 190 valence electrons. The standard InChI is InChI=1S/C25H47IO6/c1-24(23-26)19-22-29-32-25(17-13-9-5-3-2-4-6-10-14-18-25)31-28-21-16-12-8-7-11-15-20-27-30-24/h2-23H2,1H3. The highest BCUT2D eigenvalue weighted by atomic mass is 127. The van der Waals surface area contributed by atoms with Gasteiger partial charge in [-0.15, -0.1) is 0 Å². The third-order valence-corrected chi connectivity index (χ3v) is 8.11. The lowest BCUT2D eigenvalue weighted by molar-refractivity contribution is -0.516. The van der Waals surface area contributed by atoms with Gasteiger partial charge in [0.2, 0.25) is 5.79 Å². The van der Waals surface area contributed by atoms with Crippen LogP contribution in [0.2, 0.25) is 0 Å². The van der Waals surface area contributed by atoms with Gasteiger partial charge >= 0.3 is 0 Å². The van der Waals surface area contributed by atoms with Crippen molar-refractivity contribution >= 4 is 22.6 Å². The summed E-state index contributed by atoms with van der Waals surface area (Å²) in [6.07, 6.45) is 20.2. The molecule has 32 heavy (non-hydrogen) atoms. The van der Waals surface area contributed by atoms with Crippen molar-refractivity contribution in [3.05, 3.63) is 0 Å². The number of alkyl halides is 1. The van der Waals surface area contributed by atoms with Crippen molar-refractivity contribution in [1.29, 1.82) is 0 Å². The number of rotatable bonds is 1. The summed E-state index contributed by atoms with van der Waals surface area (Å²) < 4.78 is 0.818. The molecule has 1 aliphatic carbocycles. The summed E-state index contributed by atoms with van der Waals surface area (Å²) in [5.74, 6) is -0.817. The Labute approximate surface area is 209 Å². The minimum atomic E-state index is -0.817. The van der Waals surface area contributed by atoms with E-state index in [0.29, 0.717) is 26.2 Å². The summed E-state index contributed by atoms with van der Waals surface area (Å²) in [6.45, 7) is 3.74. The fourth-order valence-electron chi connectivity index (χ4n) is 4.23. The fraction of sp³-hybridized carbons (Fsp3) is 1.00. The molecule has 1 atom stereocenters. The lowest BCUT2D eigenvalue weighted by atomic mass is 9.97. The largest absolute Gasteiger partial charge is 0.236 e. The third-order valence-electron chi connectivity index (χ3n) is 6.50. The molecule has 0 aromatic rings. The minimum Gasteiger partial charge on any atom is -0.236 e. The van der Waals surface area contributed by atoms with E-state index in [1.807, 2.05) is 0 Å². The quantitative estimate of drug-likeness (QED) is 0.182. The zero-order valence-corrected chi connectivity index (χ0v) is 22.5. The monoisotopic (exact) mass is 570 g/mol. The van der Waals surface area contributed by atoms with Crippen molar-refractivity contribution < 1.29 is 29.3 Å². The van der Waals surface area contributed by atoms with Crippen LogP contribution in [0.3, 0.4) is 0 Å². The van der Waals surface area contributed by atoms with Crippen LogP contribution < -0.4 is 0 Å². The van der Waals surface area contributed by atoms with E-state index < -0.39 is 11.4 Å². The summed E-state index contributed by atoms with van der Waals surface area (Å²) in [6, 6.07) is 0. The molecule has 0 amide bonds. The van der Waals surface area contributed by atoms with Crippen molar-refractivity contribution in [3.63, 3.8) is 0 Å². The van der Waals surface area contributed by atoms with Crippen LogP contribution in [0.1, 0.15) is 122 Å². The van der Waals surface area contributed by atoms with Gasteiger partial charge in [-0.1, -0.05) is 93.2 Å². The van der Waals surface area contributed by atoms with E-state index in [1.54, 1.807) is 0 Å². The van der Waals surface area contributed by atoms with E-state index in [-0.39, 0.29) is 0 Å². The maximum atomic E-state index is 6.01. The van der Waals surface area contributed by atoms with Crippen molar-refractivity contribution in [2.75, 3.05) is 24.2 Å². The Bertz CT molecular complexity index is 440. The highest BCUT2D eigenvalue weighted by molar-refractivity contribution is 14.1. The van der Waals surface area contributed by atoms with Gasteiger partial charge in [0, 0.05) is 23.7 Å². The first kappa shape index (κ1) is 28.7. The van der Waals surface area contributed by atoms with Crippen LogP contribution >= 0.6 is 22.6 Å². The molecule has 6 nitrogen and oxygen atoms in total. The van der Waals surface area contributed by atoms with E-state index in [9.17, 15) is 0 Å². The number of halogens is 1. The Morgan fingerprint density at radius 3 is 1.41 bits per heavy atom. The van der Waals surface area contributed by atoms with Crippen molar-refractivity contribution in [2.24, 2.45) is 0 Å². The molecule has 2 rings (SSSR count). The third kappa shape index (κ3) is 12.8. The van der Waals surface area contributed by atoms with Gasteiger partial charge in [0.1, 0.15) is 5.60 Å². The van der Waals surface area contributed by atoms with E-state index in [2.05, 4.69) is 29.5 Å². The fourth-order valence-corrected chi connectivity index (χ4v) is 4.74. The van der Waals surface area contributed by atoms with E-state index >= 15 is 0 Å². The molecule has 1 unspecified atom stereocenters. The van der Waals surface area contributed by atoms with Crippen LogP contribution in [-0.2, 0) is 29.3 Å². The van der Waals surface area contributed by atoms with Crippen LogP contribution in [-0.4, -0.2) is 35.6 Å². The Kier molecular flexibility index (Phi) is 16.0. The smallest absolute Gasteiger partial charge is 0.233 e. The van der Waals surface area contributed by atoms with Gasteiger partial charge in [0.05, 0.1) is 19.8 Å². The molecule has 2 aliphatic rings. The predicted molar refractivity (Wildman–Crippen MR) is 134 cm³/mol. The number of hydrogen-bond acceptors (Lipinski definition) is 6. The molecule has 1 saturated carbocycles. The highest BCUT2D eigenvalue weighted by Gasteiger charge is 2.35. The second-order valence-electron chi connectivity index (χ2n) is 9.76. The van der Waals surface area contributed by atoms with Crippen molar-refractivity contribution in [1.82, 2.24) is 0 Å². The molecule has 0 bridgehead atoms. The average molecular weight is 571 g/mol. The molecular weight excluding hydrogens is 523 g/mol. The summed E-state index contributed by atoms with van der Waals surface area (Å²) in [4.78, 5) is 34.7. The van der Waals surface area contributed by atoms with Crippen LogP contribution in [0.4, 0.5) is 0 Å². The molecule has 1 aliphatic heterocycles. The molecular formula is C25H47IO6. The molecule has 2 fully saturated rings. The summed E-state index contributed by atoms with van der Waals surface area (Å²) in [5.41, 5.74) is -0.396. The molecule has 7 heteroatoms. The SMILES string of the molecule is CC1(CI)CCOOC2(CCCCCCCCCCC2)OOCCCCCCCCOO1. The molecule has 1 saturated heterocycles. The average Bonchev–Trinajstić information content (AvgIpc) is 2.79. The lowest BCUT2D eigenvalue weighted by Crippen LogP contribution is -2.38. The predicted octanol–water partition coefficient (Wildman–Crippen LogP) is 7.77. The molecule has 1 spiro atoms. The first-order valence-electron chi connectivity index (χ1n) is 13.2. The Hall–Kier alpha value is 0.490. The second kappa shape index (κ2) is 17.9. The zero-order chi connectivity index (χ0) is 22.8. The Morgan fingerprint density at radius 1 is 0.500 bits per heavy atom. The van der Waals surface area contributed by atoms with Gasteiger partial charge in [0.15, 0.2) is 0 Å². The molecule has 0 aromatic carbocycles. The van der Waals surface area contributed by atoms with E-state index in [0.717, 1.165) is 49.4 Å². The van der Waals surface area contributed by atoms with Gasteiger partial charge in [-0.05, 0) is 32.6 Å². The van der Waals surface area contributed by atoms with Crippen molar-refractivity contribution in [2.45, 2.75) is 134 Å². The molecule has 0 N–H and O–H groups in total. The van der Waals surface area contributed by atoms with E-state index in [1.165, 1.54) is 64.2 Å². The topological polar surface area (TPSA) is 55.4 Å². The van der Waals surface area contributed by atoms with Gasteiger partial charge in [-0.3, -0.25) is 0 Å². The van der Waals surface area contributed by atoms with Crippen molar-refractivity contribution in [3.8, 4) is 0 Å². The van der Waals surface area contributed by atoms with Crippen LogP contribution in [0.25, 0.3) is 0 Å². The maximum Gasteiger partial charge on any atom is 0.233 e. The highest BCUT2D eigenvalue weighted by Crippen LogP contribution is 2.31. The number of hydrogen-bond donors (Lipinski definition) is 0. The van der Waals surface area contributed by atoms with Gasteiger partial charge in [-0.25, -0.2) is 19.6 Å². The van der Waals surface area contributed by atoms with Crippen LogP contribution in [0, 0.1) is 0 Å². The Morgan fingerprint density at radius 2 is 0.906 bits per heavy atom. The summed E-state index contributed by atoms with van der Waals surface area (Å²) in [5, 5.41) is 0. The molecule has 0 radical (unpaired) electrons. The first-order valence-corrected chi connectivity index (χ1v) is 14.7. The maximum absolute atomic E-state index is 6.01. The summed E-state index contributed by atoms with van der Waals surface area (Å²) in [7, 11) is 0. The second-order valence-corrected chi connectivity index (χ2v) is 10.5. The van der Waals surface area contributed by atoms with Crippen LogP contribution in [0.15, 0.2) is 0 Å². The van der Waals surface area contributed by atoms with Gasteiger partial charge in [-0.2, -0.15) is 9.78 Å². The zero-order valence-electron chi connectivity index (χ0n) is 20.4. The lowest BCUT2D eigenvalue weighted by Gasteiger charge is -2.32. The normalized spacial score (nSPS) is 29.8. The van der Waals surface area contributed by atoms with Crippen LogP contribution in [0.5, 0.6) is 0 Å². The van der Waals surface area contributed by atoms with E-state index in [4.69, 9.17) is 29.3 Å². The van der Waals surface area contributed by atoms with Gasteiger partial charge in [0.25, 0.3) is 0 Å². The Balaban J connectivity index is 1.97. The summed E-state index contributed by atoms with van der Waals surface area (Å²) >= 11 is 2.34. The molecule has 1 heterocycles. The van der Waals surface area contributed by atoms with Gasteiger partial charge < -0.3 is 0 Å². The minimum absolute atomic E-state index is 0.396. The molecule has 0 aromatic heterocycles. The first-order chi connectivity index (χ1) is 15.7.